The molecule has 2 rings (SSSR count). The number of nitrogens with one attached hydrogen (secondary N) is 1. The van der Waals surface area contributed by atoms with Crippen LogP contribution in [0.2, 0.25) is 5.02 Å². The first-order valence-electron chi connectivity index (χ1n) is 6.56. The Labute approximate surface area is 126 Å². The van der Waals surface area contributed by atoms with E-state index < -0.39 is 17.5 Å². The smallest absolute Gasteiger partial charge is 0.145 e. The van der Waals surface area contributed by atoms with Gasteiger partial charge in [0, 0.05) is 11.6 Å². The number of hydrogen-bond donors (Lipinski definition) is 1. The van der Waals surface area contributed by atoms with Gasteiger partial charge in [-0.25, -0.2) is 13.2 Å². The predicted molar refractivity (Wildman–Crippen MR) is 78.0 cm³/mol. The lowest BCUT2D eigenvalue weighted by Gasteiger charge is -2.18. The van der Waals surface area contributed by atoms with Gasteiger partial charge in [0.2, 0.25) is 0 Å². The van der Waals surface area contributed by atoms with Crippen LogP contribution in [0.3, 0.4) is 0 Å². The maximum Gasteiger partial charge on any atom is 0.145 e. The molecular formula is C16H15ClF3N. The van der Waals surface area contributed by atoms with Crippen molar-refractivity contribution in [3.05, 3.63) is 70.0 Å². The van der Waals surface area contributed by atoms with Crippen LogP contribution in [0.1, 0.15) is 11.1 Å². The molecule has 0 aliphatic carbocycles. The average Bonchev–Trinajstić information content (AvgIpc) is 2.46. The van der Waals surface area contributed by atoms with Crippen molar-refractivity contribution in [1.29, 1.82) is 0 Å². The van der Waals surface area contributed by atoms with Gasteiger partial charge >= 0.3 is 0 Å². The zero-order valence-electron chi connectivity index (χ0n) is 11.5. The molecule has 21 heavy (non-hydrogen) atoms. The molecule has 0 spiro atoms. The van der Waals surface area contributed by atoms with Gasteiger partial charge in [0.15, 0.2) is 0 Å². The molecule has 0 bridgehead atoms. The molecule has 1 atom stereocenters. The standard InChI is InChI=1S/C16H15ClF3N/c1-21-11(8-10-4-2-5-13(17)16(10)20)9-12-14(18)6-3-7-15(12)19/h2-7,11,21H,8-9H2,1H3. The van der Waals surface area contributed by atoms with E-state index in [4.69, 9.17) is 11.6 Å². The monoisotopic (exact) mass is 313 g/mol. The molecule has 0 aliphatic heterocycles. The Hall–Kier alpha value is -1.52. The fourth-order valence-corrected chi connectivity index (χ4v) is 2.42. The number of hydrogen-bond acceptors (Lipinski definition) is 1. The molecule has 0 heterocycles. The molecule has 0 saturated heterocycles. The van der Waals surface area contributed by atoms with E-state index in [0.29, 0.717) is 5.56 Å². The maximum absolute atomic E-state index is 13.9. The molecule has 1 N–H and O–H groups in total. The summed E-state index contributed by atoms with van der Waals surface area (Å²) in [6.45, 7) is 0. The van der Waals surface area contributed by atoms with Gasteiger partial charge in [-0.15, -0.1) is 0 Å². The van der Waals surface area contributed by atoms with Crippen LogP contribution < -0.4 is 5.32 Å². The van der Waals surface area contributed by atoms with Crippen LogP contribution in [-0.4, -0.2) is 13.1 Å². The van der Waals surface area contributed by atoms with Crippen LogP contribution in [-0.2, 0) is 12.8 Å². The van der Waals surface area contributed by atoms with E-state index in [9.17, 15) is 13.2 Å². The highest BCUT2D eigenvalue weighted by molar-refractivity contribution is 6.30. The summed E-state index contributed by atoms with van der Waals surface area (Å²) in [4.78, 5) is 0. The van der Waals surface area contributed by atoms with E-state index in [1.165, 1.54) is 24.3 Å². The predicted octanol–water partition coefficient (Wildman–Crippen LogP) is 4.13. The third-order valence-corrected chi connectivity index (χ3v) is 3.71. The number of halogens is 4. The molecule has 0 aromatic heterocycles. The summed E-state index contributed by atoms with van der Waals surface area (Å²) in [7, 11) is 1.67. The molecule has 0 saturated carbocycles. The van der Waals surface area contributed by atoms with Crippen LogP contribution in [0.15, 0.2) is 36.4 Å². The molecule has 0 fully saturated rings. The van der Waals surface area contributed by atoms with Gasteiger partial charge in [-0.2, -0.15) is 0 Å². The van der Waals surface area contributed by atoms with Gasteiger partial charge in [-0.1, -0.05) is 29.8 Å². The first-order valence-corrected chi connectivity index (χ1v) is 6.93. The van der Waals surface area contributed by atoms with Crippen LogP contribution in [0.4, 0.5) is 13.2 Å². The van der Waals surface area contributed by atoms with Crippen molar-refractivity contribution in [3.8, 4) is 0 Å². The zero-order valence-corrected chi connectivity index (χ0v) is 12.2. The van der Waals surface area contributed by atoms with E-state index in [0.717, 1.165) is 0 Å². The van der Waals surface area contributed by atoms with Crippen molar-refractivity contribution in [1.82, 2.24) is 5.32 Å². The lowest BCUT2D eigenvalue weighted by molar-refractivity contribution is 0.494. The SMILES string of the molecule is CNC(Cc1cccc(Cl)c1F)Cc1c(F)cccc1F. The highest BCUT2D eigenvalue weighted by Gasteiger charge is 2.17. The second-order valence-electron chi connectivity index (χ2n) is 4.81. The normalized spacial score (nSPS) is 12.4. The lowest BCUT2D eigenvalue weighted by atomic mass is 9.98. The van der Waals surface area contributed by atoms with Crippen LogP contribution in [0, 0.1) is 17.5 Å². The Morgan fingerprint density at radius 3 is 2.24 bits per heavy atom. The number of benzene rings is 2. The van der Waals surface area contributed by atoms with E-state index in [1.54, 1.807) is 19.2 Å². The highest BCUT2D eigenvalue weighted by atomic mass is 35.5. The minimum Gasteiger partial charge on any atom is -0.316 e. The van der Waals surface area contributed by atoms with Gasteiger partial charge in [-0.3, -0.25) is 0 Å². The molecule has 1 unspecified atom stereocenters. The largest absolute Gasteiger partial charge is 0.316 e. The molecule has 0 radical (unpaired) electrons. The second-order valence-corrected chi connectivity index (χ2v) is 5.21. The Kier molecular flexibility index (Phi) is 5.26. The maximum atomic E-state index is 13.9. The fraction of sp³-hybridized carbons (Fsp3) is 0.250. The minimum atomic E-state index is -0.596. The molecule has 112 valence electrons. The van der Waals surface area contributed by atoms with Gasteiger partial charge < -0.3 is 5.32 Å². The van der Waals surface area contributed by atoms with Crippen molar-refractivity contribution in [2.24, 2.45) is 0 Å². The molecular weight excluding hydrogens is 299 g/mol. The average molecular weight is 314 g/mol. The summed E-state index contributed by atoms with van der Waals surface area (Å²) in [5.74, 6) is -1.68. The molecule has 5 heteroatoms. The van der Waals surface area contributed by atoms with Gasteiger partial charge in [0.25, 0.3) is 0 Å². The third-order valence-electron chi connectivity index (χ3n) is 3.42. The van der Waals surface area contributed by atoms with Crippen molar-refractivity contribution in [3.63, 3.8) is 0 Å². The molecule has 2 aromatic carbocycles. The van der Waals surface area contributed by atoms with Crippen LogP contribution >= 0.6 is 11.6 Å². The molecule has 0 aliphatic rings. The summed E-state index contributed by atoms with van der Waals surface area (Å²) in [5.41, 5.74) is 0.415. The number of likely N-dealkylation sites (N-methyl/N-ethyl adjacent to an activating group) is 1. The quantitative estimate of drug-likeness (QED) is 0.875. The van der Waals surface area contributed by atoms with E-state index in [-0.39, 0.29) is 29.5 Å². The Bertz CT molecular complexity index is 611. The zero-order chi connectivity index (χ0) is 15.4. The first kappa shape index (κ1) is 15.9. The topological polar surface area (TPSA) is 12.0 Å². The number of rotatable bonds is 5. The summed E-state index contributed by atoms with van der Waals surface area (Å²) >= 11 is 5.74. The van der Waals surface area contributed by atoms with Crippen molar-refractivity contribution < 1.29 is 13.2 Å². The van der Waals surface area contributed by atoms with Crippen LogP contribution in [0.25, 0.3) is 0 Å². The molecule has 0 amide bonds. The lowest BCUT2D eigenvalue weighted by Crippen LogP contribution is -2.31. The summed E-state index contributed by atoms with van der Waals surface area (Å²) in [6.07, 6.45) is 0.414. The van der Waals surface area contributed by atoms with E-state index in [2.05, 4.69) is 5.32 Å². The van der Waals surface area contributed by atoms with Gasteiger partial charge in [0.05, 0.1) is 5.02 Å². The first-order chi connectivity index (χ1) is 10.0. The Balaban J connectivity index is 2.19. The Morgan fingerprint density at radius 2 is 1.62 bits per heavy atom. The van der Waals surface area contributed by atoms with Crippen LogP contribution in [0.5, 0.6) is 0 Å². The highest BCUT2D eigenvalue weighted by Crippen LogP contribution is 2.21. The van der Waals surface area contributed by atoms with Gasteiger partial charge in [-0.05, 0) is 43.7 Å². The second kappa shape index (κ2) is 6.96. The summed E-state index contributed by atoms with van der Waals surface area (Å²) in [6, 6.07) is 8.17. The van der Waals surface area contributed by atoms with E-state index >= 15 is 0 Å². The van der Waals surface area contributed by atoms with E-state index in [1.807, 2.05) is 0 Å². The molecule has 1 nitrogen and oxygen atoms in total. The third kappa shape index (κ3) is 3.77. The fourth-order valence-electron chi connectivity index (χ4n) is 2.22. The summed E-state index contributed by atoms with van der Waals surface area (Å²) < 4.78 is 41.2. The summed E-state index contributed by atoms with van der Waals surface area (Å²) in [5, 5.41) is 3.00. The van der Waals surface area contributed by atoms with Crippen molar-refractivity contribution in [2.45, 2.75) is 18.9 Å². The van der Waals surface area contributed by atoms with Crippen molar-refractivity contribution in [2.75, 3.05) is 7.05 Å². The van der Waals surface area contributed by atoms with Gasteiger partial charge in [0.1, 0.15) is 17.5 Å². The van der Waals surface area contributed by atoms with Crippen molar-refractivity contribution >= 4 is 11.6 Å². The molecule has 2 aromatic rings. The minimum absolute atomic E-state index is 0.000661. The Morgan fingerprint density at radius 1 is 1.00 bits per heavy atom.